The molecule has 82 valence electrons. The zero-order valence-corrected chi connectivity index (χ0v) is 8.36. The zero-order valence-electron chi connectivity index (χ0n) is 8.36. The second-order valence-electron chi connectivity index (χ2n) is 3.22. The van der Waals surface area contributed by atoms with E-state index in [0.717, 1.165) is 17.7 Å². The van der Waals surface area contributed by atoms with Crippen LogP contribution in [0.15, 0.2) is 42.5 Å². The summed E-state index contributed by atoms with van der Waals surface area (Å²) in [5.74, 6) is -1.64. The third-order valence-electron chi connectivity index (χ3n) is 1.98. The summed E-state index contributed by atoms with van der Waals surface area (Å²) in [5.41, 5.74) is 0.931. The summed E-state index contributed by atoms with van der Waals surface area (Å²) in [7, 11) is 0. The maximum atomic E-state index is 12.7. The Morgan fingerprint density at radius 3 is 2.25 bits per heavy atom. The molecular weight excluding hydrogens is 212 g/mol. The fraction of sp³-hybridized carbons (Fsp3) is 0.0833. The number of aromatic nitrogens is 1. The van der Waals surface area contributed by atoms with E-state index in [0.29, 0.717) is 0 Å². The molecule has 0 unspecified atom stereocenters. The van der Waals surface area contributed by atoms with E-state index in [2.05, 4.69) is 4.98 Å². The number of hydrogen-bond donors (Lipinski definition) is 0. The highest BCUT2D eigenvalue weighted by Gasteiger charge is 2.02. The fourth-order valence-corrected chi connectivity index (χ4v) is 1.27. The minimum atomic E-state index is -0.886. The van der Waals surface area contributed by atoms with Gasteiger partial charge in [0, 0.05) is 12.1 Å². The SMILES string of the molecule is Fc1cc(OCc2ccccc2)cc(F)n1. The smallest absolute Gasteiger partial charge is 0.219 e. The Bertz CT molecular complexity index is 453. The number of pyridine rings is 1. The van der Waals surface area contributed by atoms with Crippen molar-refractivity contribution in [1.29, 1.82) is 0 Å². The molecule has 0 atom stereocenters. The Hall–Kier alpha value is -1.97. The highest BCUT2D eigenvalue weighted by atomic mass is 19.1. The largest absolute Gasteiger partial charge is 0.489 e. The normalized spacial score (nSPS) is 10.1. The Kier molecular flexibility index (Phi) is 3.10. The van der Waals surface area contributed by atoms with Crippen molar-refractivity contribution in [2.45, 2.75) is 6.61 Å². The van der Waals surface area contributed by atoms with Gasteiger partial charge in [0.2, 0.25) is 11.9 Å². The Morgan fingerprint density at radius 1 is 1.00 bits per heavy atom. The van der Waals surface area contributed by atoms with Crippen LogP contribution in [-0.2, 0) is 6.61 Å². The molecule has 1 aromatic heterocycles. The zero-order chi connectivity index (χ0) is 11.4. The van der Waals surface area contributed by atoms with Crippen LogP contribution in [0.5, 0.6) is 5.75 Å². The van der Waals surface area contributed by atoms with E-state index in [1.165, 1.54) is 0 Å². The summed E-state index contributed by atoms with van der Waals surface area (Å²) in [4.78, 5) is 2.98. The number of ether oxygens (including phenoxy) is 1. The Labute approximate surface area is 91.5 Å². The first-order chi connectivity index (χ1) is 7.74. The van der Waals surface area contributed by atoms with Gasteiger partial charge in [-0.1, -0.05) is 30.3 Å². The maximum Gasteiger partial charge on any atom is 0.219 e. The van der Waals surface area contributed by atoms with Gasteiger partial charge in [-0.3, -0.25) is 0 Å². The lowest BCUT2D eigenvalue weighted by Crippen LogP contribution is -1.97. The first-order valence-corrected chi connectivity index (χ1v) is 4.74. The highest BCUT2D eigenvalue weighted by Crippen LogP contribution is 2.14. The van der Waals surface area contributed by atoms with Crippen molar-refractivity contribution in [2.75, 3.05) is 0 Å². The summed E-state index contributed by atoms with van der Waals surface area (Å²) < 4.78 is 30.7. The molecule has 0 bridgehead atoms. The van der Waals surface area contributed by atoms with Crippen molar-refractivity contribution in [3.8, 4) is 5.75 Å². The van der Waals surface area contributed by atoms with Crippen molar-refractivity contribution in [1.82, 2.24) is 4.98 Å². The maximum absolute atomic E-state index is 12.7. The first kappa shape index (κ1) is 10.5. The standard InChI is InChI=1S/C12H9F2NO/c13-11-6-10(7-12(14)15-11)16-8-9-4-2-1-3-5-9/h1-7H,8H2. The van der Waals surface area contributed by atoms with E-state index in [9.17, 15) is 8.78 Å². The van der Waals surface area contributed by atoms with Crippen molar-refractivity contribution in [3.63, 3.8) is 0 Å². The van der Waals surface area contributed by atoms with Crippen LogP contribution < -0.4 is 4.74 Å². The van der Waals surface area contributed by atoms with Crippen LogP contribution in [0, 0.1) is 11.9 Å². The number of nitrogens with zero attached hydrogens (tertiary/aromatic N) is 1. The lowest BCUT2D eigenvalue weighted by molar-refractivity contribution is 0.300. The summed E-state index contributed by atoms with van der Waals surface area (Å²) in [5, 5.41) is 0. The topological polar surface area (TPSA) is 22.1 Å². The summed E-state index contributed by atoms with van der Waals surface area (Å²) >= 11 is 0. The number of benzene rings is 1. The van der Waals surface area contributed by atoms with Crippen LogP contribution in [0.25, 0.3) is 0 Å². The summed E-state index contributed by atoms with van der Waals surface area (Å²) in [6.07, 6.45) is 0. The summed E-state index contributed by atoms with van der Waals surface area (Å²) in [6.45, 7) is 0.268. The van der Waals surface area contributed by atoms with E-state index in [1.54, 1.807) is 0 Å². The van der Waals surface area contributed by atoms with E-state index >= 15 is 0 Å². The number of halogens is 2. The molecule has 2 nitrogen and oxygen atoms in total. The predicted octanol–water partition coefficient (Wildman–Crippen LogP) is 2.94. The number of rotatable bonds is 3. The van der Waals surface area contributed by atoms with Gasteiger partial charge in [-0.15, -0.1) is 0 Å². The molecule has 0 N–H and O–H groups in total. The van der Waals surface area contributed by atoms with Crippen molar-refractivity contribution < 1.29 is 13.5 Å². The van der Waals surface area contributed by atoms with Crippen LogP contribution in [0.4, 0.5) is 8.78 Å². The van der Waals surface area contributed by atoms with Gasteiger partial charge in [0.1, 0.15) is 12.4 Å². The molecule has 1 heterocycles. The Morgan fingerprint density at radius 2 is 1.62 bits per heavy atom. The monoisotopic (exact) mass is 221 g/mol. The van der Waals surface area contributed by atoms with Gasteiger partial charge >= 0.3 is 0 Å². The molecule has 0 saturated heterocycles. The van der Waals surface area contributed by atoms with Crippen molar-refractivity contribution in [3.05, 3.63) is 59.9 Å². The number of hydrogen-bond acceptors (Lipinski definition) is 2. The molecule has 0 saturated carbocycles. The van der Waals surface area contributed by atoms with E-state index in [4.69, 9.17) is 4.74 Å². The van der Waals surface area contributed by atoms with Crippen LogP contribution in [0.3, 0.4) is 0 Å². The van der Waals surface area contributed by atoms with E-state index < -0.39 is 11.9 Å². The molecule has 2 aromatic rings. The Balaban J connectivity index is 2.05. The van der Waals surface area contributed by atoms with Gasteiger partial charge < -0.3 is 4.74 Å². The van der Waals surface area contributed by atoms with Crippen LogP contribution >= 0.6 is 0 Å². The van der Waals surface area contributed by atoms with Crippen LogP contribution in [-0.4, -0.2) is 4.98 Å². The van der Waals surface area contributed by atoms with E-state index in [1.807, 2.05) is 30.3 Å². The molecule has 4 heteroatoms. The third-order valence-corrected chi connectivity index (χ3v) is 1.98. The molecule has 2 rings (SSSR count). The third kappa shape index (κ3) is 2.76. The van der Waals surface area contributed by atoms with Crippen molar-refractivity contribution in [2.24, 2.45) is 0 Å². The van der Waals surface area contributed by atoms with Gasteiger partial charge in [0.25, 0.3) is 0 Å². The average molecular weight is 221 g/mol. The molecule has 0 amide bonds. The first-order valence-electron chi connectivity index (χ1n) is 4.74. The van der Waals surface area contributed by atoms with Crippen molar-refractivity contribution >= 4 is 0 Å². The minimum absolute atomic E-state index is 0.133. The minimum Gasteiger partial charge on any atom is -0.489 e. The molecule has 0 aliphatic rings. The lowest BCUT2D eigenvalue weighted by atomic mass is 10.2. The van der Waals surface area contributed by atoms with Gasteiger partial charge in [0.15, 0.2) is 0 Å². The lowest BCUT2D eigenvalue weighted by Gasteiger charge is -2.05. The molecule has 0 aliphatic carbocycles. The van der Waals surface area contributed by atoms with Crippen LogP contribution in [0.1, 0.15) is 5.56 Å². The van der Waals surface area contributed by atoms with Gasteiger partial charge in [-0.05, 0) is 5.56 Å². The second kappa shape index (κ2) is 4.70. The van der Waals surface area contributed by atoms with Crippen LogP contribution in [0.2, 0.25) is 0 Å². The highest BCUT2D eigenvalue weighted by molar-refractivity contribution is 5.20. The molecule has 0 fully saturated rings. The fourth-order valence-electron chi connectivity index (χ4n) is 1.27. The second-order valence-corrected chi connectivity index (χ2v) is 3.22. The van der Waals surface area contributed by atoms with Gasteiger partial charge in [0.05, 0.1) is 0 Å². The molecule has 0 radical (unpaired) electrons. The molecule has 0 aliphatic heterocycles. The van der Waals surface area contributed by atoms with Gasteiger partial charge in [-0.2, -0.15) is 13.8 Å². The molecule has 0 spiro atoms. The van der Waals surface area contributed by atoms with Gasteiger partial charge in [-0.25, -0.2) is 0 Å². The quantitative estimate of drug-likeness (QED) is 0.743. The van der Waals surface area contributed by atoms with E-state index in [-0.39, 0.29) is 12.4 Å². The molecule has 16 heavy (non-hydrogen) atoms. The molecular formula is C12H9F2NO. The average Bonchev–Trinajstić information content (AvgIpc) is 2.27. The summed E-state index contributed by atoms with van der Waals surface area (Å²) in [6, 6.07) is 11.5. The predicted molar refractivity (Wildman–Crippen MR) is 54.9 cm³/mol. The molecule has 1 aromatic carbocycles.